The molecule has 0 fully saturated rings. The van der Waals surface area contributed by atoms with Crippen molar-refractivity contribution in [3.63, 3.8) is 0 Å². The van der Waals surface area contributed by atoms with Gasteiger partial charge in [0, 0.05) is 37.7 Å². The molecule has 0 bridgehead atoms. The molecule has 86 valence electrons. The van der Waals surface area contributed by atoms with Crippen molar-refractivity contribution >= 4 is 11.6 Å². The topological polar surface area (TPSA) is 67.1 Å². The monoisotopic (exact) mass is 219 g/mol. The van der Waals surface area contributed by atoms with Gasteiger partial charge in [-0.3, -0.25) is 4.79 Å². The van der Waals surface area contributed by atoms with Gasteiger partial charge >= 0.3 is 0 Å². The number of anilines is 1. The molecule has 1 amide bonds. The van der Waals surface area contributed by atoms with Crippen LogP contribution < -0.4 is 16.4 Å². The van der Waals surface area contributed by atoms with Gasteiger partial charge in [0.25, 0.3) is 0 Å². The molecule has 0 saturated carbocycles. The normalized spacial score (nSPS) is 17.7. The molecule has 1 heterocycles. The fourth-order valence-corrected chi connectivity index (χ4v) is 2.05. The summed E-state index contributed by atoms with van der Waals surface area (Å²) in [6, 6.07) is 8.14. The van der Waals surface area contributed by atoms with Gasteiger partial charge < -0.3 is 16.4 Å². The number of rotatable bonds is 4. The smallest absolute Gasteiger partial charge is 0.220 e. The number of benzene rings is 1. The minimum atomic E-state index is 0.0777. The van der Waals surface area contributed by atoms with Crippen LogP contribution in [0.3, 0.4) is 0 Å². The lowest BCUT2D eigenvalue weighted by molar-refractivity contribution is -0.121. The Morgan fingerprint density at radius 2 is 2.31 bits per heavy atom. The molecule has 1 aromatic carbocycles. The van der Waals surface area contributed by atoms with Gasteiger partial charge in [-0.25, -0.2) is 0 Å². The number of nitrogens with two attached hydrogens (primary N) is 1. The van der Waals surface area contributed by atoms with Gasteiger partial charge in [-0.15, -0.1) is 0 Å². The Bertz CT molecular complexity index is 378. The van der Waals surface area contributed by atoms with Crippen molar-refractivity contribution in [2.24, 2.45) is 5.73 Å². The van der Waals surface area contributed by atoms with E-state index in [4.69, 9.17) is 5.73 Å². The van der Waals surface area contributed by atoms with Crippen molar-refractivity contribution in [2.45, 2.75) is 12.3 Å². The molecule has 0 aliphatic carbocycles. The Labute approximate surface area is 95.2 Å². The third kappa shape index (κ3) is 2.33. The number of para-hydroxylation sites is 1. The highest BCUT2D eigenvalue weighted by molar-refractivity contribution is 5.78. The molecular formula is C12H17N3O. The minimum absolute atomic E-state index is 0.0777. The van der Waals surface area contributed by atoms with Crippen molar-refractivity contribution in [2.75, 3.05) is 25.0 Å². The van der Waals surface area contributed by atoms with Crippen molar-refractivity contribution in [3.8, 4) is 0 Å². The molecule has 1 atom stereocenters. The molecule has 4 heteroatoms. The number of carbonyl (C=O) groups excluding carboxylic acids is 1. The summed E-state index contributed by atoms with van der Waals surface area (Å²) in [5, 5.41) is 6.11. The van der Waals surface area contributed by atoms with Crippen LogP contribution in [0.4, 0.5) is 5.69 Å². The van der Waals surface area contributed by atoms with E-state index in [0.29, 0.717) is 19.5 Å². The van der Waals surface area contributed by atoms with Gasteiger partial charge in [-0.05, 0) is 11.6 Å². The molecule has 0 aromatic heterocycles. The van der Waals surface area contributed by atoms with E-state index < -0.39 is 0 Å². The Morgan fingerprint density at radius 3 is 3.12 bits per heavy atom. The maximum atomic E-state index is 11.6. The molecule has 4 N–H and O–H groups in total. The largest absolute Gasteiger partial charge is 0.384 e. The first-order chi connectivity index (χ1) is 7.81. The second-order valence-electron chi connectivity index (χ2n) is 4.01. The summed E-state index contributed by atoms with van der Waals surface area (Å²) in [5.74, 6) is 0.364. The molecule has 1 aromatic rings. The predicted octanol–water partition coefficient (Wildman–Crippen LogP) is 0.661. The van der Waals surface area contributed by atoms with Crippen molar-refractivity contribution in [1.29, 1.82) is 0 Å². The average Bonchev–Trinajstić information content (AvgIpc) is 2.70. The van der Waals surface area contributed by atoms with Gasteiger partial charge in [0.2, 0.25) is 5.91 Å². The fourth-order valence-electron chi connectivity index (χ4n) is 2.05. The van der Waals surface area contributed by atoms with Crippen molar-refractivity contribution < 1.29 is 4.79 Å². The number of hydrogen-bond acceptors (Lipinski definition) is 3. The second kappa shape index (κ2) is 4.99. The molecule has 4 nitrogen and oxygen atoms in total. The first kappa shape index (κ1) is 11.0. The number of amides is 1. The first-order valence-electron chi connectivity index (χ1n) is 5.61. The van der Waals surface area contributed by atoms with Crippen LogP contribution >= 0.6 is 0 Å². The maximum absolute atomic E-state index is 11.6. The van der Waals surface area contributed by atoms with E-state index >= 15 is 0 Å². The summed E-state index contributed by atoms with van der Waals surface area (Å²) < 4.78 is 0. The lowest BCUT2D eigenvalue weighted by Gasteiger charge is -2.09. The summed E-state index contributed by atoms with van der Waals surface area (Å²) in [7, 11) is 0. The van der Waals surface area contributed by atoms with Crippen molar-refractivity contribution in [1.82, 2.24) is 5.32 Å². The van der Waals surface area contributed by atoms with Crippen LogP contribution in [0.1, 0.15) is 17.9 Å². The lowest BCUT2D eigenvalue weighted by Crippen LogP contribution is -2.30. The van der Waals surface area contributed by atoms with E-state index in [-0.39, 0.29) is 11.8 Å². The van der Waals surface area contributed by atoms with Crippen LogP contribution in [0, 0.1) is 0 Å². The molecular weight excluding hydrogens is 202 g/mol. The standard InChI is InChI=1S/C12H17N3O/c13-5-6-14-12(16)7-9-8-15-11-4-2-1-3-10(9)11/h1-4,9,15H,5-8,13H2,(H,14,16). The zero-order chi connectivity index (χ0) is 11.4. The molecule has 1 aliphatic rings. The van der Waals surface area contributed by atoms with Gasteiger partial charge in [0.1, 0.15) is 0 Å². The van der Waals surface area contributed by atoms with E-state index in [1.54, 1.807) is 0 Å². The van der Waals surface area contributed by atoms with E-state index in [0.717, 1.165) is 12.2 Å². The second-order valence-corrected chi connectivity index (χ2v) is 4.01. The van der Waals surface area contributed by atoms with E-state index in [1.807, 2.05) is 18.2 Å². The van der Waals surface area contributed by atoms with Crippen LogP contribution in [0.5, 0.6) is 0 Å². The van der Waals surface area contributed by atoms with Crippen LogP contribution in [-0.2, 0) is 4.79 Å². The fraction of sp³-hybridized carbons (Fsp3) is 0.417. The molecule has 0 radical (unpaired) electrons. The summed E-state index contributed by atoms with van der Waals surface area (Å²) in [5.41, 5.74) is 7.73. The van der Waals surface area contributed by atoms with Crippen LogP contribution in [-0.4, -0.2) is 25.5 Å². The third-order valence-corrected chi connectivity index (χ3v) is 2.84. The molecule has 2 rings (SSSR count). The average molecular weight is 219 g/mol. The molecule has 0 spiro atoms. The molecule has 0 saturated heterocycles. The lowest BCUT2D eigenvalue weighted by atomic mass is 9.98. The van der Waals surface area contributed by atoms with Crippen LogP contribution in [0.25, 0.3) is 0 Å². The minimum Gasteiger partial charge on any atom is -0.384 e. The van der Waals surface area contributed by atoms with E-state index in [1.165, 1.54) is 5.56 Å². The zero-order valence-electron chi connectivity index (χ0n) is 9.20. The van der Waals surface area contributed by atoms with Crippen LogP contribution in [0.15, 0.2) is 24.3 Å². The first-order valence-corrected chi connectivity index (χ1v) is 5.61. The zero-order valence-corrected chi connectivity index (χ0v) is 9.20. The highest BCUT2D eigenvalue weighted by Crippen LogP contribution is 2.32. The Morgan fingerprint density at radius 1 is 1.50 bits per heavy atom. The van der Waals surface area contributed by atoms with Gasteiger partial charge in [0.05, 0.1) is 0 Å². The predicted molar refractivity (Wildman–Crippen MR) is 64.4 cm³/mol. The van der Waals surface area contributed by atoms with E-state index in [2.05, 4.69) is 16.7 Å². The van der Waals surface area contributed by atoms with Gasteiger partial charge in [0.15, 0.2) is 0 Å². The summed E-state index contributed by atoms with van der Waals surface area (Å²) >= 11 is 0. The Balaban J connectivity index is 1.95. The molecule has 1 unspecified atom stereocenters. The number of hydrogen-bond donors (Lipinski definition) is 3. The number of carbonyl (C=O) groups is 1. The quantitative estimate of drug-likeness (QED) is 0.697. The van der Waals surface area contributed by atoms with Crippen LogP contribution in [0.2, 0.25) is 0 Å². The number of nitrogens with one attached hydrogen (secondary N) is 2. The Hall–Kier alpha value is -1.55. The SMILES string of the molecule is NCCNC(=O)CC1CNc2ccccc21. The summed E-state index contributed by atoms with van der Waals surface area (Å²) in [6.45, 7) is 1.89. The highest BCUT2D eigenvalue weighted by atomic mass is 16.1. The third-order valence-electron chi connectivity index (χ3n) is 2.84. The Kier molecular flexibility index (Phi) is 3.41. The summed E-state index contributed by atoms with van der Waals surface area (Å²) in [4.78, 5) is 11.6. The number of fused-ring (bicyclic) bond motifs is 1. The van der Waals surface area contributed by atoms with Gasteiger partial charge in [-0.1, -0.05) is 18.2 Å². The van der Waals surface area contributed by atoms with Crippen molar-refractivity contribution in [3.05, 3.63) is 29.8 Å². The van der Waals surface area contributed by atoms with Gasteiger partial charge in [-0.2, -0.15) is 0 Å². The summed E-state index contributed by atoms with van der Waals surface area (Å²) in [6.07, 6.45) is 0.532. The molecule has 1 aliphatic heterocycles. The highest BCUT2D eigenvalue weighted by Gasteiger charge is 2.23. The van der Waals surface area contributed by atoms with E-state index in [9.17, 15) is 4.79 Å². The maximum Gasteiger partial charge on any atom is 0.220 e. The molecule has 16 heavy (non-hydrogen) atoms.